The van der Waals surface area contributed by atoms with Crippen LogP contribution >= 0.6 is 0 Å². The quantitative estimate of drug-likeness (QED) is 0.672. The number of hydrogen-bond acceptors (Lipinski definition) is 5. The molecule has 0 aliphatic rings. The number of nitrogens with zero attached hydrogens (tertiary/aromatic N) is 3. The van der Waals surface area contributed by atoms with Gasteiger partial charge in [-0.3, -0.25) is 10.1 Å². The van der Waals surface area contributed by atoms with E-state index in [1.807, 2.05) is 13.8 Å². The first kappa shape index (κ1) is 14.9. The van der Waals surface area contributed by atoms with E-state index in [-0.39, 0.29) is 5.69 Å². The number of nitro benzene ring substituents is 1. The fourth-order valence-electron chi connectivity index (χ4n) is 1.99. The summed E-state index contributed by atoms with van der Waals surface area (Å²) in [4.78, 5) is 19.6. The zero-order chi connectivity index (χ0) is 15.4. The van der Waals surface area contributed by atoms with Crippen LogP contribution in [0.5, 0.6) is 0 Å². The van der Waals surface area contributed by atoms with Gasteiger partial charge < -0.3 is 5.32 Å². The van der Waals surface area contributed by atoms with E-state index in [1.165, 1.54) is 6.07 Å². The van der Waals surface area contributed by atoms with Gasteiger partial charge in [0.15, 0.2) is 5.82 Å². The first-order valence-electron chi connectivity index (χ1n) is 6.87. The van der Waals surface area contributed by atoms with Crippen LogP contribution in [0.2, 0.25) is 0 Å². The molecule has 0 bridgehead atoms. The number of aryl methyl sites for hydroxylation is 1. The van der Waals surface area contributed by atoms with Gasteiger partial charge in [-0.1, -0.05) is 19.1 Å². The molecule has 21 heavy (non-hydrogen) atoms. The van der Waals surface area contributed by atoms with Gasteiger partial charge in [0, 0.05) is 23.9 Å². The van der Waals surface area contributed by atoms with Crippen LogP contribution in [0.15, 0.2) is 24.3 Å². The maximum atomic E-state index is 11.1. The van der Waals surface area contributed by atoms with Crippen LogP contribution < -0.4 is 5.32 Å². The monoisotopic (exact) mass is 286 g/mol. The van der Waals surface area contributed by atoms with Crippen LogP contribution in [0.1, 0.15) is 24.6 Å². The Balaban J connectivity index is 2.54. The second kappa shape index (κ2) is 6.30. The summed E-state index contributed by atoms with van der Waals surface area (Å²) >= 11 is 0. The minimum Gasteiger partial charge on any atom is -0.370 e. The van der Waals surface area contributed by atoms with Crippen LogP contribution in [-0.4, -0.2) is 21.4 Å². The Morgan fingerprint density at radius 3 is 2.62 bits per heavy atom. The van der Waals surface area contributed by atoms with Crippen molar-refractivity contribution in [1.29, 1.82) is 0 Å². The lowest BCUT2D eigenvalue weighted by Gasteiger charge is -2.11. The highest BCUT2D eigenvalue weighted by Crippen LogP contribution is 2.29. The molecule has 0 saturated carbocycles. The van der Waals surface area contributed by atoms with Crippen molar-refractivity contribution in [2.75, 3.05) is 11.9 Å². The largest absolute Gasteiger partial charge is 0.370 e. The van der Waals surface area contributed by atoms with E-state index in [0.717, 1.165) is 30.0 Å². The summed E-state index contributed by atoms with van der Waals surface area (Å²) < 4.78 is 0. The third-order valence-electron chi connectivity index (χ3n) is 3.27. The zero-order valence-corrected chi connectivity index (χ0v) is 12.4. The van der Waals surface area contributed by atoms with Crippen molar-refractivity contribution in [1.82, 2.24) is 9.97 Å². The summed E-state index contributed by atoms with van der Waals surface area (Å²) in [6, 6.07) is 6.53. The summed E-state index contributed by atoms with van der Waals surface area (Å²) in [6.45, 7) is 6.69. The molecule has 2 aromatic rings. The maximum absolute atomic E-state index is 11.1. The summed E-state index contributed by atoms with van der Waals surface area (Å²) in [6.07, 6.45) is 0.976. The molecule has 1 heterocycles. The molecule has 6 nitrogen and oxygen atoms in total. The number of hydrogen-bond donors (Lipinski definition) is 1. The molecule has 0 amide bonds. The lowest BCUT2D eigenvalue weighted by Crippen LogP contribution is -2.08. The highest BCUT2D eigenvalue weighted by atomic mass is 16.6. The average Bonchev–Trinajstić information content (AvgIpc) is 2.48. The van der Waals surface area contributed by atoms with Crippen LogP contribution in [0.4, 0.5) is 11.5 Å². The van der Waals surface area contributed by atoms with Crippen molar-refractivity contribution < 1.29 is 4.92 Å². The summed E-state index contributed by atoms with van der Waals surface area (Å²) in [5.74, 6) is 1.11. The molecule has 1 N–H and O–H groups in total. The van der Waals surface area contributed by atoms with Crippen molar-refractivity contribution in [2.24, 2.45) is 0 Å². The van der Waals surface area contributed by atoms with Gasteiger partial charge in [0.25, 0.3) is 5.69 Å². The molecule has 6 heteroatoms. The average molecular weight is 286 g/mol. The zero-order valence-electron chi connectivity index (χ0n) is 12.4. The van der Waals surface area contributed by atoms with Crippen molar-refractivity contribution in [3.63, 3.8) is 0 Å². The molecule has 0 aliphatic heterocycles. The summed E-state index contributed by atoms with van der Waals surface area (Å²) in [5.41, 5.74) is 2.23. The van der Waals surface area contributed by atoms with Gasteiger partial charge in [0.1, 0.15) is 5.82 Å². The lowest BCUT2D eigenvalue weighted by molar-refractivity contribution is -0.384. The number of nitro groups is 1. The third kappa shape index (κ3) is 3.16. The minimum absolute atomic E-state index is 0.0159. The van der Waals surface area contributed by atoms with Gasteiger partial charge in [-0.2, -0.15) is 0 Å². The van der Waals surface area contributed by atoms with E-state index in [0.29, 0.717) is 11.4 Å². The summed E-state index contributed by atoms with van der Waals surface area (Å²) in [7, 11) is 0. The van der Waals surface area contributed by atoms with Crippen molar-refractivity contribution in [3.8, 4) is 11.4 Å². The lowest BCUT2D eigenvalue weighted by atomic mass is 10.1. The van der Waals surface area contributed by atoms with E-state index in [2.05, 4.69) is 22.2 Å². The number of rotatable bonds is 5. The SMILES string of the molecule is CCCNc1nc(-c2ccccc2[N+](=O)[O-])nc(C)c1C. The minimum atomic E-state index is -0.410. The molecular formula is C15H18N4O2. The molecule has 0 atom stereocenters. The van der Waals surface area contributed by atoms with Crippen molar-refractivity contribution >= 4 is 11.5 Å². The van der Waals surface area contributed by atoms with Gasteiger partial charge in [-0.05, 0) is 26.3 Å². The van der Waals surface area contributed by atoms with Gasteiger partial charge in [-0.25, -0.2) is 9.97 Å². The number of benzene rings is 1. The van der Waals surface area contributed by atoms with E-state index in [9.17, 15) is 10.1 Å². The highest BCUT2D eigenvalue weighted by Gasteiger charge is 2.18. The highest BCUT2D eigenvalue weighted by molar-refractivity contribution is 5.69. The smallest absolute Gasteiger partial charge is 0.280 e. The third-order valence-corrected chi connectivity index (χ3v) is 3.27. The van der Waals surface area contributed by atoms with Crippen LogP contribution in [0, 0.1) is 24.0 Å². The molecular weight excluding hydrogens is 268 g/mol. The maximum Gasteiger partial charge on any atom is 0.280 e. The first-order valence-corrected chi connectivity index (χ1v) is 6.87. The Bertz CT molecular complexity index is 671. The number of nitrogens with one attached hydrogen (secondary N) is 1. The van der Waals surface area contributed by atoms with Crippen molar-refractivity contribution in [3.05, 3.63) is 45.6 Å². The Kier molecular flexibility index (Phi) is 4.47. The molecule has 1 aromatic carbocycles. The Morgan fingerprint density at radius 1 is 1.24 bits per heavy atom. The molecule has 2 rings (SSSR count). The van der Waals surface area contributed by atoms with Crippen LogP contribution in [0.25, 0.3) is 11.4 Å². The number of anilines is 1. The van der Waals surface area contributed by atoms with E-state index >= 15 is 0 Å². The van der Waals surface area contributed by atoms with Gasteiger partial charge in [-0.15, -0.1) is 0 Å². The molecule has 0 unspecified atom stereocenters. The second-order valence-corrected chi connectivity index (χ2v) is 4.81. The Morgan fingerprint density at radius 2 is 1.95 bits per heavy atom. The standard InChI is InChI=1S/C15H18N4O2/c1-4-9-16-14-10(2)11(3)17-15(18-14)12-7-5-6-8-13(12)19(20)21/h5-8H,4,9H2,1-3H3,(H,16,17,18). The summed E-state index contributed by atoms with van der Waals surface area (Å²) in [5, 5.41) is 14.4. The molecule has 0 radical (unpaired) electrons. The van der Waals surface area contributed by atoms with E-state index < -0.39 is 4.92 Å². The molecule has 110 valence electrons. The topological polar surface area (TPSA) is 81.0 Å². The molecule has 0 saturated heterocycles. The predicted octanol–water partition coefficient (Wildman–Crippen LogP) is 3.49. The second-order valence-electron chi connectivity index (χ2n) is 4.81. The van der Waals surface area contributed by atoms with Crippen LogP contribution in [-0.2, 0) is 0 Å². The van der Waals surface area contributed by atoms with Gasteiger partial charge >= 0.3 is 0 Å². The fraction of sp³-hybridized carbons (Fsp3) is 0.333. The van der Waals surface area contributed by atoms with E-state index in [1.54, 1.807) is 18.2 Å². The Hall–Kier alpha value is -2.50. The first-order chi connectivity index (χ1) is 10.0. The van der Waals surface area contributed by atoms with E-state index in [4.69, 9.17) is 0 Å². The van der Waals surface area contributed by atoms with Crippen molar-refractivity contribution in [2.45, 2.75) is 27.2 Å². The predicted molar refractivity (Wildman–Crippen MR) is 82.4 cm³/mol. The molecule has 0 fully saturated rings. The van der Waals surface area contributed by atoms with Gasteiger partial charge in [0.2, 0.25) is 0 Å². The number of para-hydroxylation sites is 1. The normalized spacial score (nSPS) is 10.4. The molecule has 0 spiro atoms. The number of aromatic nitrogens is 2. The molecule has 1 aromatic heterocycles. The molecule has 0 aliphatic carbocycles. The van der Waals surface area contributed by atoms with Gasteiger partial charge in [0.05, 0.1) is 10.5 Å². The van der Waals surface area contributed by atoms with Crippen LogP contribution in [0.3, 0.4) is 0 Å². The fourth-order valence-corrected chi connectivity index (χ4v) is 1.99. The Labute approximate surface area is 123 Å².